The van der Waals surface area contributed by atoms with Crippen LogP contribution in [-0.2, 0) is 4.79 Å². The minimum Gasteiger partial charge on any atom is -0.311 e. The van der Waals surface area contributed by atoms with E-state index in [9.17, 15) is 9.59 Å². The maximum absolute atomic E-state index is 12.6. The van der Waals surface area contributed by atoms with Crippen molar-refractivity contribution in [2.24, 2.45) is 0 Å². The number of thioether (sulfide) groups is 1. The number of anilines is 1. The van der Waals surface area contributed by atoms with Gasteiger partial charge in [0.25, 0.3) is 0 Å². The fourth-order valence-electron chi connectivity index (χ4n) is 2.65. The van der Waals surface area contributed by atoms with Crippen LogP contribution in [0.2, 0.25) is 0 Å². The first-order valence-electron chi connectivity index (χ1n) is 7.77. The molecule has 1 aromatic heterocycles. The first kappa shape index (κ1) is 16.3. The topological polar surface area (TPSA) is 37.4 Å². The number of para-hydroxylation sites is 1. The zero-order valence-electron chi connectivity index (χ0n) is 13.1. The highest BCUT2D eigenvalue weighted by molar-refractivity contribution is 7.99. The van der Waals surface area contributed by atoms with Crippen molar-refractivity contribution in [2.45, 2.75) is 31.1 Å². The van der Waals surface area contributed by atoms with Crippen LogP contribution in [0.5, 0.6) is 0 Å². The molecule has 1 aliphatic rings. The van der Waals surface area contributed by atoms with Crippen molar-refractivity contribution in [3.8, 4) is 0 Å². The third-order valence-electron chi connectivity index (χ3n) is 3.82. The maximum atomic E-state index is 12.6. The van der Waals surface area contributed by atoms with Gasteiger partial charge in [0.2, 0.25) is 5.91 Å². The van der Waals surface area contributed by atoms with Crippen molar-refractivity contribution >= 4 is 40.5 Å². The summed E-state index contributed by atoms with van der Waals surface area (Å²) in [5.41, 5.74) is 0.986. The van der Waals surface area contributed by atoms with Crippen LogP contribution in [0.15, 0.2) is 41.3 Å². The molecular weight excluding hydrogens is 326 g/mol. The third-order valence-corrected chi connectivity index (χ3v) is 6.01. The molecule has 23 heavy (non-hydrogen) atoms. The van der Waals surface area contributed by atoms with Crippen LogP contribution in [0.25, 0.3) is 0 Å². The molecule has 1 aromatic carbocycles. The Morgan fingerprint density at radius 3 is 2.74 bits per heavy atom. The highest BCUT2D eigenvalue weighted by Gasteiger charge is 2.22. The van der Waals surface area contributed by atoms with E-state index in [4.69, 9.17) is 0 Å². The van der Waals surface area contributed by atoms with E-state index in [0.717, 1.165) is 39.1 Å². The molecule has 0 saturated heterocycles. The van der Waals surface area contributed by atoms with Gasteiger partial charge in [0, 0.05) is 29.2 Å². The van der Waals surface area contributed by atoms with Gasteiger partial charge >= 0.3 is 0 Å². The lowest BCUT2D eigenvalue weighted by atomic mass is 10.1. The third kappa shape index (κ3) is 3.85. The average molecular weight is 345 g/mol. The summed E-state index contributed by atoms with van der Waals surface area (Å²) in [6.07, 6.45) is 1.53. The quantitative estimate of drug-likeness (QED) is 0.763. The molecule has 0 atom stereocenters. The van der Waals surface area contributed by atoms with Crippen molar-refractivity contribution in [3.63, 3.8) is 0 Å². The molecule has 0 spiro atoms. The van der Waals surface area contributed by atoms with Crippen LogP contribution < -0.4 is 4.90 Å². The molecular formula is C18H19NO2S2. The molecule has 2 heterocycles. The SMILES string of the molecule is Cc1ccc(C(=O)CCC(=O)N2CCCSc3ccccc32)s1. The Morgan fingerprint density at radius 1 is 1.13 bits per heavy atom. The van der Waals surface area contributed by atoms with E-state index in [2.05, 4.69) is 6.07 Å². The Balaban J connectivity index is 1.67. The summed E-state index contributed by atoms with van der Waals surface area (Å²) in [5.74, 6) is 1.13. The molecule has 1 aliphatic heterocycles. The highest BCUT2D eigenvalue weighted by atomic mass is 32.2. The van der Waals surface area contributed by atoms with E-state index in [1.54, 1.807) is 11.8 Å². The number of amides is 1. The number of nitrogens with zero attached hydrogens (tertiary/aromatic N) is 1. The summed E-state index contributed by atoms with van der Waals surface area (Å²) >= 11 is 3.29. The van der Waals surface area contributed by atoms with E-state index >= 15 is 0 Å². The van der Waals surface area contributed by atoms with Gasteiger partial charge in [-0.05, 0) is 43.4 Å². The number of Topliss-reactive ketones (excluding diaryl/α,β-unsaturated/α-hetero) is 1. The smallest absolute Gasteiger partial charge is 0.227 e. The highest BCUT2D eigenvalue weighted by Crippen LogP contribution is 2.34. The van der Waals surface area contributed by atoms with Crippen molar-refractivity contribution in [3.05, 3.63) is 46.2 Å². The number of rotatable bonds is 4. The predicted molar refractivity (Wildman–Crippen MR) is 96.8 cm³/mol. The number of benzene rings is 1. The van der Waals surface area contributed by atoms with Gasteiger partial charge in [0.15, 0.2) is 5.78 Å². The normalized spacial score (nSPS) is 14.2. The first-order chi connectivity index (χ1) is 11.1. The Hall–Kier alpha value is -1.59. The summed E-state index contributed by atoms with van der Waals surface area (Å²) in [6.45, 7) is 2.72. The number of carbonyl (C=O) groups excluding carboxylic acids is 2. The molecule has 0 bridgehead atoms. The number of hydrogen-bond donors (Lipinski definition) is 0. The predicted octanol–water partition coefficient (Wildman–Crippen LogP) is 4.55. The molecule has 0 N–H and O–H groups in total. The number of ketones is 1. The summed E-state index contributed by atoms with van der Waals surface area (Å²) < 4.78 is 0. The molecule has 1 amide bonds. The van der Waals surface area contributed by atoms with E-state index in [1.165, 1.54) is 11.3 Å². The molecule has 3 nitrogen and oxygen atoms in total. The van der Waals surface area contributed by atoms with Crippen LogP contribution >= 0.6 is 23.1 Å². The number of carbonyl (C=O) groups is 2. The zero-order valence-corrected chi connectivity index (χ0v) is 14.7. The van der Waals surface area contributed by atoms with Gasteiger partial charge in [-0.25, -0.2) is 0 Å². The maximum Gasteiger partial charge on any atom is 0.227 e. The van der Waals surface area contributed by atoms with E-state index in [-0.39, 0.29) is 24.5 Å². The van der Waals surface area contributed by atoms with E-state index < -0.39 is 0 Å². The molecule has 0 radical (unpaired) electrons. The summed E-state index contributed by atoms with van der Waals surface area (Å²) in [7, 11) is 0. The van der Waals surface area contributed by atoms with Crippen molar-refractivity contribution in [2.75, 3.05) is 17.2 Å². The minimum atomic E-state index is 0.0431. The van der Waals surface area contributed by atoms with Crippen LogP contribution in [0.3, 0.4) is 0 Å². The van der Waals surface area contributed by atoms with Crippen molar-refractivity contribution in [1.82, 2.24) is 0 Å². The fraction of sp³-hybridized carbons (Fsp3) is 0.333. The van der Waals surface area contributed by atoms with Gasteiger partial charge in [-0.3, -0.25) is 9.59 Å². The van der Waals surface area contributed by atoms with Gasteiger partial charge in [0.1, 0.15) is 0 Å². The Morgan fingerprint density at radius 2 is 1.96 bits per heavy atom. The molecule has 3 rings (SSSR count). The molecule has 2 aromatic rings. The zero-order chi connectivity index (χ0) is 16.2. The molecule has 120 valence electrons. The number of aryl methyl sites for hydroxylation is 1. The van der Waals surface area contributed by atoms with Gasteiger partial charge in [-0.15, -0.1) is 23.1 Å². The second-order valence-corrected chi connectivity index (χ2v) is 7.97. The Labute approximate surface area is 144 Å². The summed E-state index contributed by atoms with van der Waals surface area (Å²) in [6, 6.07) is 11.8. The molecule has 0 aliphatic carbocycles. The Bertz CT molecular complexity index is 723. The van der Waals surface area contributed by atoms with Crippen molar-refractivity contribution in [1.29, 1.82) is 0 Å². The summed E-state index contributed by atoms with van der Waals surface area (Å²) in [4.78, 5) is 29.7. The molecule has 5 heteroatoms. The standard InChI is InChI=1S/C18H19NO2S2/c1-13-7-9-17(23-13)15(20)8-10-18(21)19-11-4-12-22-16-6-3-2-5-14(16)19/h2-3,5-7,9H,4,8,10-12H2,1H3. The summed E-state index contributed by atoms with van der Waals surface area (Å²) in [5, 5.41) is 0. The van der Waals surface area contributed by atoms with Crippen molar-refractivity contribution < 1.29 is 9.59 Å². The minimum absolute atomic E-state index is 0.0431. The van der Waals surface area contributed by atoms with E-state index in [1.807, 2.05) is 42.2 Å². The van der Waals surface area contributed by atoms with Crippen LogP contribution in [0, 0.1) is 6.92 Å². The second-order valence-electron chi connectivity index (χ2n) is 5.55. The van der Waals surface area contributed by atoms with Gasteiger partial charge in [0.05, 0.1) is 10.6 Å². The van der Waals surface area contributed by atoms with Gasteiger partial charge < -0.3 is 4.90 Å². The lowest BCUT2D eigenvalue weighted by Crippen LogP contribution is -2.32. The largest absolute Gasteiger partial charge is 0.311 e. The number of hydrogen-bond acceptors (Lipinski definition) is 4. The Kier molecular flexibility index (Phi) is 5.18. The lowest BCUT2D eigenvalue weighted by Gasteiger charge is -2.22. The average Bonchev–Trinajstić information content (AvgIpc) is 2.88. The van der Waals surface area contributed by atoms with E-state index in [0.29, 0.717) is 0 Å². The number of fused-ring (bicyclic) bond motifs is 1. The van der Waals surface area contributed by atoms with Crippen LogP contribution in [0.1, 0.15) is 33.8 Å². The first-order valence-corrected chi connectivity index (χ1v) is 9.57. The van der Waals surface area contributed by atoms with Crippen LogP contribution in [-0.4, -0.2) is 24.0 Å². The lowest BCUT2D eigenvalue weighted by molar-refractivity contribution is -0.118. The van der Waals surface area contributed by atoms with Gasteiger partial charge in [-0.2, -0.15) is 0 Å². The molecule has 0 unspecified atom stereocenters. The fourth-order valence-corrected chi connectivity index (χ4v) is 4.48. The molecule has 0 fully saturated rings. The monoisotopic (exact) mass is 345 g/mol. The number of thiophene rings is 1. The second kappa shape index (κ2) is 7.32. The molecule has 0 saturated carbocycles. The van der Waals surface area contributed by atoms with Crippen LogP contribution in [0.4, 0.5) is 5.69 Å². The van der Waals surface area contributed by atoms with Gasteiger partial charge in [-0.1, -0.05) is 12.1 Å².